The van der Waals surface area contributed by atoms with E-state index in [2.05, 4.69) is 0 Å². The second-order valence-corrected chi connectivity index (χ2v) is 6.37. The maximum absolute atomic E-state index is 12.1. The molecule has 1 fully saturated rings. The minimum Gasteiger partial charge on any atom is -0.481 e. The lowest BCUT2D eigenvalue weighted by atomic mass is 9.89. The molecular formula is C14H25N3O4. The summed E-state index contributed by atoms with van der Waals surface area (Å²) >= 11 is 0. The lowest BCUT2D eigenvalue weighted by molar-refractivity contribution is -0.152. The monoisotopic (exact) mass is 299 g/mol. The first-order valence-electron chi connectivity index (χ1n) is 7.07. The van der Waals surface area contributed by atoms with Gasteiger partial charge in [-0.25, -0.2) is 0 Å². The molecule has 21 heavy (non-hydrogen) atoms. The molecule has 0 aromatic rings. The summed E-state index contributed by atoms with van der Waals surface area (Å²) in [5, 5.41) is 9.06. The van der Waals surface area contributed by atoms with Gasteiger partial charge in [-0.05, 0) is 27.9 Å². The third kappa shape index (κ3) is 5.00. The van der Waals surface area contributed by atoms with E-state index in [1.165, 1.54) is 0 Å². The van der Waals surface area contributed by atoms with Crippen molar-refractivity contribution < 1.29 is 19.5 Å². The van der Waals surface area contributed by atoms with E-state index in [4.69, 9.17) is 5.11 Å². The molecule has 0 spiro atoms. The third-order valence-electron chi connectivity index (χ3n) is 3.61. The van der Waals surface area contributed by atoms with Crippen molar-refractivity contribution in [2.24, 2.45) is 5.41 Å². The van der Waals surface area contributed by atoms with E-state index in [1.54, 1.807) is 23.6 Å². The number of aliphatic carboxylic acids is 1. The normalized spacial score (nSPS) is 16.2. The molecule has 0 aliphatic carbocycles. The van der Waals surface area contributed by atoms with Crippen LogP contribution in [0.2, 0.25) is 0 Å². The fraction of sp³-hybridized carbons (Fsp3) is 0.786. The average molecular weight is 299 g/mol. The van der Waals surface area contributed by atoms with Gasteiger partial charge in [-0.15, -0.1) is 0 Å². The number of carboxylic acids is 1. The number of hydrogen-bond donors (Lipinski definition) is 1. The van der Waals surface area contributed by atoms with Crippen LogP contribution in [0.25, 0.3) is 0 Å². The molecule has 1 N–H and O–H groups in total. The van der Waals surface area contributed by atoms with Crippen molar-refractivity contribution in [3.63, 3.8) is 0 Å². The van der Waals surface area contributed by atoms with Crippen LogP contribution in [0.1, 0.15) is 20.3 Å². The number of carbonyl (C=O) groups is 3. The summed E-state index contributed by atoms with van der Waals surface area (Å²) in [6, 6.07) is 0. The molecule has 120 valence electrons. The molecule has 0 aromatic heterocycles. The Kier molecular flexibility index (Phi) is 5.71. The van der Waals surface area contributed by atoms with Crippen LogP contribution in [0.4, 0.5) is 0 Å². The molecule has 0 radical (unpaired) electrons. The number of amides is 2. The molecule has 0 unspecified atom stereocenters. The highest BCUT2D eigenvalue weighted by atomic mass is 16.4. The van der Waals surface area contributed by atoms with Crippen molar-refractivity contribution in [3.05, 3.63) is 0 Å². The summed E-state index contributed by atoms with van der Waals surface area (Å²) in [6.07, 6.45) is -0.0199. The Morgan fingerprint density at radius 2 is 1.43 bits per heavy atom. The van der Waals surface area contributed by atoms with Gasteiger partial charge in [0, 0.05) is 32.6 Å². The first-order valence-corrected chi connectivity index (χ1v) is 7.07. The molecule has 0 saturated carbocycles. The summed E-state index contributed by atoms with van der Waals surface area (Å²) in [5.41, 5.74) is -1.06. The molecule has 7 heteroatoms. The third-order valence-corrected chi connectivity index (χ3v) is 3.61. The number of nitrogens with zero attached hydrogens (tertiary/aromatic N) is 3. The molecule has 0 atom stereocenters. The van der Waals surface area contributed by atoms with Gasteiger partial charge >= 0.3 is 5.97 Å². The van der Waals surface area contributed by atoms with Crippen LogP contribution >= 0.6 is 0 Å². The maximum atomic E-state index is 12.1. The summed E-state index contributed by atoms with van der Waals surface area (Å²) in [6.45, 7) is 5.40. The Bertz CT molecular complexity index is 412. The fourth-order valence-electron chi connectivity index (χ4n) is 2.14. The summed E-state index contributed by atoms with van der Waals surface area (Å²) in [4.78, 5) is 40.3. The molecule has 0 bridgehead atoms. The number of hydrogen-bond acceptors (Lipinski definition) is 4. The fourth-order valence-corrected chi connectivity index (χ4v) is 2.14. The second-order valence-electron chi connectivity index (χ2n) is 6.37. The Hall–Kier alpha value is -1.63. The standard InChI is InChI=1S/C14H25N3O4/c1-14(2,13(20)21)9-11(18)16-5-7-17(8-6-16)12(19)10-15(3)4/h5-10H2,1-4H3,(H,20,21). The average Bonchev–Trinajstić information content (AvgIpc) is 2.37. The van der Waals surface area contributed by atoms with Crippen LogP contribution in [0.15, 0.2) is 0 Å². The van der Waals surface area contributed by atoms with E-state index in [0.29, 0.717) is 32.7 Å². The zero-order valence-electron chi connectivity index (χ0n) is 13.3. The summed E-state index contributed by atoms with van der Waals surface area (Å²) in [7, 11) is 3.68. The largest absolute Gasteiger partial charge is 0.481 e. The second kappa shape index (κ2) is 6.89. The first kappa shape index (κ1) is 17.4. The minimum atomic E-state index is -1.06. The van der Waals surface area contributed by atoms with Crippen LogP contribution in [0, 0.1) is 5.41 Å². The Morgan fingerprint density at radius 1 is 1.00 bits per heavy atom. The van der Waals surface area contributed by atoms with E-state index in [9.17, 15) is 14.4 Å². The van der Waals surface area contributed by atoms with E-state index in [-0.39, 0.29) is 18.2 Å². The highest BCUT2D eigenvalue weighted by molar-refractivity contribution is 5.85. The molecule has 7 nitrogen and oxygen atoms in total. The van der Waals surface area contributed by atoms with Gasteiger partial charge in [-0.2, -0.15) is 0 Å². The van der Waals surface area contributed by atoms with Gasteiger partial charge in [0.25, 0.3) is 0 Å². The van der Waals surface area contributed by atoms with Gasteiger partial charge in [-0.3, -0.25) is 14.4 Å². The van der Waals surface area contributed by atoms with Crippen molar-refractivity contribution in [3.8, 4) is 0 Å². The predicted molar refractivity (Wildman–Crippen MR) is 77.7 cm³/mol. The molecule has 1 aliphatic rings. The highest BCUT2D eigenvalue weighted by Gasteiger charge is 2.33. The number of rotatable bonds is 5. The van der Waals surface area contributed by atoms with Crippen molar-refractivity contribution in [2.45, 2.75) is 20.3 Å². The smallest absolute Gasteiger partial charge is 0.309 e. The van der Waals surface area contributed by atoms with Gasteiger partial charge in [-0.1, -0.05) is 0 Å². The molecular weight excluding hydrogens is 274 g/mol. The zero-order chi connectivity index (χ0) is 16.2. The van der Waals surface area contributed by atoms with E-state index < -0.39 is 11.4 Å². The van der Waals surface area contributed by atoms with Crippen LogP contribution < -0.4 is 0 Å². The number of piperazine rings is 1. The van der Waals surface area contributed by atoms with Crippen molar-refractivity contribution in [1.29, 1.82) is 0 Å². The van der Waals surface area contributed by atoms with Crippen LogP contribution in [-0.2, 0) is 14.4 Å². The van der Waals surface area contributed by atoms with Crippen molar-refractivity contribution in [1.82, 2.24) is 14.7 Å². The van der Waals surface area contributed by atoms with Crippen molar-refractivity contribution >= 4 is 17.8 Å². The number of carboxylic acid groups (broad SMARTS) is 1. The molecule has 1 heterocycles. The van der Waals surface area contributed by atoms with Crippen LogP contribution in [0.5, 0.6) is 0 Å². The van der Waals surface area contributed by atoms with Gasteiger partial charge in [0.05, 0.1) is 12.0 Å². The van der Waals surface area contributed by atoms with Crippen molar-refractivity contribution in [2.75, 3.05) is 46.8 Å². The number of likely N-dealkylation sites (N-methyl/N-ethyl adjacent to an activating group) is 1. The Morgan fingerprint density at radius 3 is 1.81 bits per heavy atom. The SMILES string of the molecule is CN(C)CC(=O)N1CCN(C(=O)CC(C)(C)C(=O)O)CC1. The van der Waals surface area contributed by atoms with Crippen LogP contribution in [-0.4, -0.2) is 84.4 Å². The number of carbonyl (C=O) groups excluding carboxylic acids is 2. The molecule has 1 aliphatic heterocycles. The van der Waals surface area contributed by atoms with Crippen LogP contribution in [0.3, 0.4) is 0 Å². The summed E-state index contributed by atoms with van der Waals surface area (Å²) < 4.78 is 0. The molecule has 0 aromatic carbocycles. The zero-order valence-corrected chi connectivity index (χ0v) is 13.3. The predicted octanol–water partition coefficient (Wildman–Crippen LogP) is -0.280. The topological polar surface area (TPSA) is 81.2 Å². The Labute approximate surface area is 125 Å². The van der Waals surface area contributed by atoms with Gasteiger partial charge in [0.15, 0.2) is 0 Å². The van der Waals surface area contributed by atoms with Gasteiger partial charge in [0.2, 0.25) is 11.8 Å². The van der Waals surface area contributed by atoms with Gasteiger partial charge < -0.3 is 19.8 Å². The molecule has 1 rings (SSSR count). The molecule has 2 amide bonds. The molecule has 1 saturated heterocycles. The lowest BCUT2D eigenvalue weighted by Gasteiger charge is -2.36. The van der Waals surface area contributed by atoms with E-state index in [0.717, 1.165) is 0 Å². The lowest BCUT2D eigenvalue weighted by Crippen LogP contribution is -2.52. The summed E-state index contributed by atoms with van der Waals surface area (Å²) in [5.74, 6) is -1.09. The van der Waals surface area contributed by atoms with E-state index in [1.807, 2.05) is 19.0 Å². The van der Waals surface area contributed by atoms with Gasteiger partial charge in [0.1, 0.15) is 0 Å². The quantitative estimate of drug-likeness (QED) is 0.755. The highest BCUT2D eigenvalue weighted by Crippen LogP contribution is 2.22. The maximum Gasteiger partial charge on any atom is 0.309 e. The Balaban J connectivity index is 2.48. The van der Waals surface area contributed by atoms with E-state index >= 15 is 0 Å². The minimum absolute atomic E-state index is 0.0199. The first-order chi connectivity index (χ1) is 9.63.